The highest BCUT2D eigenvalue weighted by Crippen LogP contribution is 2.39. The summed E-state index contributed by atoms with van der Waals surface area (Å²) in [5, 5.41) is 13.7. The van der Waals surface area contributed by atoms with Gasteiger partial charge in [0.2, 0.25) is 5.91 Å². The standard InChI is InChI=1S/C25H37N3O7SSi/c1-25(2,3)19(15-35-37(4)5)22-20(26-23(22)30)12-21(29)36-18-10-11-27(13-18)24(31)34-14-16-6-8-17(9-7-16)28(32)33/h6-9,18-20,22,37H,10-15H2,1-5H3,(H,26,30)/t18-,19+,20+,22-/m0/s1. The molecule has 2 aliphatic rings. The molecule has 0 spiro atoms. The Bertz CT molecular complexity index is 999. The fraction of sp³-hybridized carbons (Fsp3) is 0.640. The lowest BCUT2D eigenvalue weighted by Crippen LogP contribution is -2.63. The highest BCUT2D eigenvalue weighted by Gasteiger charge is 2.49. The van der Waals surface area contributed by atoms with Crippen LogP contribution in [0.3, 0.4) is 0 Å². The summed E-state index contributed by atoms with van der Waals surface area (Å²) in [7, 11) is -1.23. The number of likely N-dealkylation sites (tertiary alicyclic amines) is 1. The molecule has 10 nitrogen and oxygen atoms in total. The smallest absolute Gasteiger partial charge is 0.410 e. The predicted molar refractivity (Wildman–Crippen MR) is 144 cm³/mol. The Morgan fingerprint density at radius 2 is 1.95 bits per heavy atom. The first-order valence-corrected chi connectivity index (χ1v) is 16.3. The molecule has 2 heterocycles. The third kappa shape index (κ3) is 8.02. The molecule has 4 atom stereocenters. The molecule has 0 aliphatic carbocycles. The lowest BCUT2D eigenvalue weighted by molar-refractivity contribution is -0.384. The molecule has 0 bridgehead atoms. The van der Waals surface area contributed by atoms with Crippen LogP contribution < -0.4 is 5.32 Å². The molecule has 1 N–H and O–H groups in total. The summed E-state index contributed by atoms with van der Waals surface area (Å²) < 4.78 is 11.3. The van der Waals surface area contributed by atoms with Gasteiger partial charge in [-0.15, -0.1) is 0 Å². The van der Waals surface area contributed by atoms with Gasteiger partial charge >= 0.3 is 6.09 Å². The van der Waals surface area contributed by atoms with Gasteiger partial charge in [0, 0.05) is 49.5 Å². The highest BCUT2D eigenvalue weighted by atomic mass is 32.2. The minimum atomic E-state index is -1.23. The van der Waals surface area contributed by atoms with Crippen molar-refractivity contribution in [2.24, 2.45) is 17.3 Å². The van der Waals surface area contributed by atoms with Crippen LogP contribution in [-0.2, 0) is 25.4 Å². The normalized spacial score (nSPS) is 22.4. The number of carbonyl (C=O) groups excluding carboxylic acids is 3. The largest absolute Gasteiger partial charge is 0.445 e. The average molecular weight is 552 g/mol. The molecular formula is C25H37N3O7SSi. The molecule has 0 aromatic heterocycles. The van der Waals surface area contributed by atoms with E-state index in [4.69, 9.17) is 9.16 Å². The Morgan fingerprint density at radius 1 is 1.27 bits per heavy atom. The van der Waals surface area contributed by atoms with E-state index in [1.54, 1.807) is 17.0 Å². The zero-order valence-electron chi connectivity index (χ0n) is 22.1. The number of nitro benzene ring substituents is 1. The van der Waals surface area contributed by atoms with Crippen LogP contribution in [0, 0.1) is 27.4 Å². The van der Waals surface area contributed by atoms with Gasteiger partial charge in [0.05, 0.1) is 10.8 Å². The zero-order chi connectivity index (χ0) is 27.3. The summed E-state index contributed by atoms with van der Waals surface area (Å²) in [6, 6.07) is 5.66. The number of nitrogens with one attached hydrogen (secondary N) is 1. The Labute approximate surface area is 223 Å². The molecule has 0 radical (unpaired) electrons. The van der Waals surface area contributed by atoms with Crippen LogP contribution in [0.25, 0.3) is 0 Å². The number of carbonyl (C=O) groups is 3. The molecule has 2 saturated heterocycles. The second-order valence-corrected chi connectivity index (χ2v) is 14.8. The Kier molecular flexibility index (Phi) is 9.76. The number of hydrogen-bond donors (Lipinski definition) is 1. The van der Waals surface area contributed by atoms with Gasteiger partial charge in [-0.1, -0.05) is 32.5 Å². The van der Waals surface area contributed by atoms with Crippen LogP contribution >= 0.6 is 11.8 Å². The van der Waals surface area contributed by atoms with Gasteiger partial charge in [0.1, 0.15) is 6.61 Å². The minimum Gasteiger partial charge on any atom is -0.445 e. The van der Waals surface area contributed by atoms with Gasteiger partial charge in [0.15, 0.2) is 14.2 Å². The maximum Gasteiger partial charge on any atom is 0.410 e. The van der Waals surface area contributed by atoms with E-state index in [2.05, 4.69) is 39.2 Å². The molecule has 1 aromatic rings. The van der Waals surface area contributed by atoms with Crippen molar-refractivity contribution in [3.05, 3.63) is 39.9 Å². The zero-order valence-corrected chi connectivity index (χ0v) is 24.1. The van der Waals surface area contributed by atoms with Gasteiger partial charge in [-0.2, -0.15) is 0 Å². The second-order valence-electron chi connectivity index (χ2n) is 11.0. The minimum absolute atomic E-state index is 0.00732. The molecule has 3 rings (SSSR count). The number of nitro groups is 1. The molecule has 0 saturated carbocycles. The SMILES string of the molecule is C[SiH](C)OC[C@H]([C@@H]1C(=O)N[C@@H]1CC(=O)S[C@H]1CCN(C(=O)OCc2ccc([N+](=O)[O-])cc2)C1)C(C)(C)C. The molecule has 2 aliphatic heterocycles. The van der Waals surface area contributed by atoms with Gasteiger partial charge in [-0.25, -0.2) is 4.79 Å². The van der Waals surface area contributed by atoms with Crippen LogP contribution in [0.4, 0.5) is 10.5 Å². The quantitative estimate of drug-likeness (QED) is 0.202. The number of ether oxygens (including phenoxy) is 1. The van der Waals surface area contributed by atoms with Crippen molar-refractivity contribution >= 4 is 43.6 Å². The van der Waals surface area contributed by atoms with Crippen molar-refractivity contribution in [3.63, 3.8) is 0 Å². The summed E-state index contributed by atoms with van der Waals surface area (Å²) in [6.07, 6.45) is 0.469. The van der Waals surface area contributed by atoms with E-state index in [9.17, 15) is 24.5 Å². The first-order chi connectivity index (χ1) is 17.3. The van der Waals surface area contributed by atoms with E-state index in [0.717, 1.165) is 0 Å². The van der Waals surface area contributed by atoms with Crippen molar-refractivity contribution < 1.29 is 28.5 Å². The van der Waals surface area contributed by atoms with Crippen molar-refractivity contribution in [1.29, 1.82) is 0 Å². The number of benzene rings is 1. The summed E-state index contributed by atoms with van der Waals surface area (Å²) in [5.41, 5.74) is 0.512. The van der Waals surface area contributed by atoms with E-state index < -0.39 is 20.1 Å². The molecule has 0 unspecified atom stereocenters. The molecule has 204 valence electrons. The Balaban J connectivity index is 1.45. The third-order valence-corrected chi connectivity index (χ3v) is 8.82. The maximum atomic E-state index is 12.9. The van der Waals surface area contributed by atoms with Crippen molar-refractivity contribution in [3.8, 4) is 0 Å². The van der Waals surface area contributed by atoms with Crippen molar-refractivity contribution in [2.75, 3.05) is 19.7 Å². The van der Waals surface area contributed by atoms with Gasteiger partial charge < -0.3 is 19.4 Å². The number of non-ortho nitro benzene ring substituents is 1. The molecule has 1 aromatic carbocycles. The molecule has 2 fully saturated rings. The van der Waals surface area contributed by atoms with Crippen LogP contribution in [-0.4, -0.2) is 67.0 Å². The lowest BCUT2D eigenvalue weighted by Gasteiger charge is -2.46. The van der Waals surface area contributed by atoms with Crippen molar-refractivity contribution in [1.82, 2.24) is 10.2 Å². The lowest BCUT2D eigenvalue weighted by atomic mass is 9.67. The first-order valence-electron chi connectivity index (χ1n) is 12.6. The van der Waals surface area contributed by atoms with Crippen molar-refractivity contribution in [2.45, 2.75) is 64.6 Å². The highest BCUT2D eigenvalue weighted by molar-refractivity contribution is 8.14. The van der Waals surface area contributed by atoms with Crippen LogP contribution in [0.5, 0.6) is 0 Å². The Morgan fingerprint density at radius 3 is 2.51 bits per heavy atom. The predicted octanol–water partition coefficient (Wildman–Crippen LogP) is 3.73. The fourth-order valence-corrected chi connectivity index (χ4v) is 6.36. The number of β-lactam (4-membered cyclic amide) rings is 1. The fourth-order valence-electron chi connectivity index (χ4n) is 4.64. The molecular weight excluding hydrogens is 514 g/mol. The number of nitrogens with zero attached hydrogens (tertiary/aromatic N) is 2. The monoisotopic (exact) mass is 551 g/mol. The van der Waals surface area contributed by atoms with E-state index >= 15 is 0 Å². The van der Waals surface area contributed by atoms with Gasteiger partial charge in [-0.05, 0) is 48.5 Å². The van der Waals surface area contributed by atoms with Crippen LogP contribution in [0.1, 0.15) is 39.2 Å². The maximum absolute atomic E-state index is 12.9. The average Bonchev–Trinajstić information content (AvgIpc) is 3.27. The molecule has 12 heteroatoms. The summed E-state index contributed by atoms with van der Waals surface area (Å²) >= 11 is 1.24. The van der Waals surface area contributed by atoms with Gasteiger partial charge in [0.25, 0.3) is 5.69 Å². The molecule has 37 heavy (non-hydrogen) atoms. The number of hydrogen-bond acceptors (Lipinski definition) is 8. The second kappa shape index (κ2) is 12.4. The van der Waals surface area contributed by atoms with Crippen LogP contribution in [0.15, 0.2) is 24.3 Å². The number of rotatable bonds is 10. The summed E-state index contributed by atoms with van der Waals surface area (Å²) in [6.45, 7) is 12.0. The number of thioether (sulfide) groups is 1. The summed E-state index contributed by atoms with van der Waals surface area (Å²) in [4.78, 5) is 49.6. The first kappa shape index (κ1) is 29.1. The summed E-state index contributed by atoms with van der Waals surface area (Å²) in [5.74, 6) is -0.224. The van der Waals surface area contributed by atoms with E-state index in [0.29, 0.717) is 31.7 Å². The van der Waals surface area contributed by atoms with Gasteiger partial charge in [-0.3, -0.25) is 19.7 Å². The van der Waals surface area contributed by atoms with Crippen LogP contribution in [0.2, 0.25) is 13.1 Å². The topological polar surface area (TPSA) is 128 Å². The third-order valence-electron chi connectivity index (χ3n) is 6.82. The van der Waals surface area contributed by atoms with E-state index in [1.807, 2.05) is 0 Å². The number of amides is 2. The van der Waals surface area contributed by atoms with E-state index in [-0.39, 0.29) is 58.3 Å². The Hall–Kier alpha value is -2.44. The molecule has 2 amide bonds. The van der Waals surface area contributed by atoms with E-state index in [1.165, 1.54) is 23.9 Å².